The van der Waals surface area contributed by atoms with Crippen molar-refractivity contribution in [3.63, 3.8) is 0 Å². The minimum atomic E-state index is -0.562. The molecule has 1 unspecified atom stereocenters. The number of rotatable bonds is 5. The van der Waals surface area contributed by atoms with E-state index in [1.807, 2.05) is 30.3 Å². The first kappa shape index (κ1) is 15.4. The third-order valence-corrected chi connectivity index (χ3v) is 3.26. The molecule has 7 heteroatoms. The summed E-state index contributed by atoms with van der Waals surface area (Å²) in [6.45, 7) is 1.43. The van der Waals surface area contributed by atoms with E-state index in [1.54, 1.807) is 4.90 Å². The van der Waals surface area contributed by atoms with E-state index in [4.69, 9.17) is 15.3 Å². The third-order valence-electron chi connectivity index (χ3n) is 3.26. The fourth-order valence-electron chi connectivity index (χ4n) is 2.11. The van der Waals surface area contributed by atoms with Gasteiger partial charge in [-0.2, -0.15) is 0 Å². The number of carbonyl (C=O) groups excluding carboxylic acids is 2. The van der Waals surface area contributed by atoms with E-state index >= 15 is 0 Å². The highest BCUT2D eigenvalue weighted by atomic mass is 16.5. The molecule has 1 amide bonds. The lowest BCUT2D eigenvalue weighted by atomic mass is 10.2. The topological polar surface area (TPSA) is 93.9 Å². The summed E-state index contributed by atoms with van der Waals surface area (Å²) < 4.78 is 10.4. The van der Waals surface area contributed by atoms with Gasteiger partial charge in [-0.05, 0) is 5.56 Å². The molecule has 1 aliphatic heterocycles. The fraction of sp³-hybridized carbons (Fsp3) is 0.429. The molecule has 0 radical (unpaired) electrons. The smallest absolute Gasteiger partial charge is 0.320 e. The number of nitrogens with two attached hydrogens (primary N) is 1. The molecule has 0 spiro atoms. The van der Waals surface area contributed by atoms with E-state index in [0.29, 0.717) is 13.2 Å². The maximum absolute atomic E-state index is 11.9. The highest BCUT2D eigenvalue weighted by molar-refractivity contribution is 5.82. The molecule has 3 N–H and O–H groups in total. The van der Waals surface area contributed by atoms with Crippen molar-refractivity contribution in [1.29, 1.82) is 0 Å². The normalized spacial score (nSPS) is 19.0. The fourth-order valence-corrected chi connectivity index (χ4v) is 2.11. The Morgan fingerprint density at radius 1 is 1.38 bits per heavy atom. The number of nitrogens with one attached hydrogen (secondary N) is 1. The van der Waals surface area contributed by atoms with Crippen molar-refractivity contribution in [3.8, 4) is 0 Å². The maximum Gasteiger partial charge on any atom is 0.320 e. The number of benzene rings is 1. The number of hydrazine groups is 1. The molecule has 1 heterocycles. The third kappa shape index (κ3) is 4.52. The molecule has 0 saturated carbocycles. The summed E-state index contributed by atoms with van der Waals surface area (Å²) in [7, 11) is 0. The second kappa shape index (κ2) is 7.72. The number of ether oxygens (including phenoxy) is 2. The zero-order valence-electron chi connectivity index (χ0n) is 11.7. The van der Waals surface area contributed by atoms with E-state index in [2.05, 4.69) is 5.43 Å². The van der Waals surface area contributed by atoms with Crippen LogP contribution in [0.1, 0.15) is 5.56 Å². The molecular weight excluding hydrogens is 274 g/mol. The highest BCUT2D eigenvalue weighted by Gasteiger charge is 2.30. The van der Waals surface area contributed by atoms with E-state index in [-0.39, 0.29) is 31.6 Å². The van der Waals surface area contributed by atoms with Crippen molar-refractivity contribution in [2.75, 3.05) is 26.3 Å². The molecule has 0 aromatic heterocycles. The maximum atomic E-state index is 11.9. The summed E-state index contributed by atoms with van der Waals surface area (Å²) in [5.41, 5.74) is 3.00. The van der Waals surface area contributed by atoms with Gasteiger partial charge in [0.1, 0.15) is 12.6 Å². The molecular formula is C14H19N3O4. The Hall–Kier alpha value is -1.96. The molecule has 1 fully saturated rings. The second-order valence-electron chi connectivity index (χ2n) is 4.72. The van der Waals surface area contributed by atoms with Gasteiger partial charge in [0.15, 0.2) is 0 Å². The Balaban J connectivity index is 1.84. The van der Waals surface area contributed by atoms with E-state index in [0.717, 1.165) is 5.56 Å². The van der Waals surface area contributed by atoms with Crippen molar-refractivity contribution < 1.29 is 19.1 Å². The summed E-state index contributed by atoms with van der Waals surface area (Å²) in [5, 5.41) is 0. The molecule has 0 aliphatic carbocycles. The van der Waals surface area contributed by atoms with Crippen molar-refractivity contribution in [2.45, 2.75) is 12.6 Å². The monoisotopic (exact) mass is 293 g/mol. The van der Waals surface area contributed by atoms with Crippen LogP contribution in [0.15, 0.2) is 30.3 Å². The van der Waals surface area contributed by atoms with Gasteiger partial charge in [-0.25, -0.2) is 5.84 Å². The van der Waals surface area contributed by atoms with Crippen LogP contribution in [0.5, 0.6) is 0 Å². The van der Waals surface area contributed by atoms with Gasteiger partial charge < -0.3 is 9.47 Å². The largest absolute Gasteiger partial charge is 0.460 e. The van der Waals surface area contributed by atoms with Crippen LogP contribution in [0.25, 0.3) is 0 Å². The van der Waals surface area contributed by atoms with Crippen molar-refractivity contribution in [3.05, 3.63) is 35.9 Å². The first-order valence-electron chi connectivity index (χ1n) is 6.72. The van der Waals surface area contributed by atoms with Crippen LogP contribution in [0.3, 0.4) is 0 Å². The number of hydrogen-bond acceptors (Lipinski definition) is 6. The average molecular weight is 293 g/mol. The van der Waals surface area contributed by atoms with Crippen LogP contribution in [-0.4, -0.2) is 49.1 Å². The summed E-state index contributed by atoms with van der Waals surface area (Å²) in [5.74, 6) is 4.38. The molecule has 7 nitrogen and oxygen atoms in total. The Morgan fingerprint density at radius 2 is 2.14 bits per heavy atom. The Kier molecular flexibility index (Phi) is 5.68. The van der Waals surface area contributed by atoms with Gasteiger partial charge in [0, 0.05) is 6.54 Å². The predicted molar refractivity (Wildman–Crippen MR) is 74.7 cm³/mol. The van der Waals surface area contributed by atoms with E-state index in [1.165, 1.54) is 0 Å². The number of amides is 1. The summed E-state index contributed by atoms with van der Waals surface area (Å²) in [6.07, 6.45) is 0. The summed E-state index contributed by atoms with van der Waals surface area (Å²) in [6, 6.07) is 8.86. The number of carbonyl (C=O) groups is 2. The SMILES string of the molecule is NNC(=O)C1COCCN1CC(=O)OCc1ccccc1. The van der Waals surface area contributed by atoms with Crippen molar-refractivity contribution in [2.24, 2.45) is 5.84 Å². The Labute approximate surface area is 123 Å². The first-order chi connectivity index (χ1) is 10.2. The van der Waals surface area contributed by atoms with Crippen molar-refractivity contribution in [1.82, 2.24) is 10.3 Å². The minimum absolute atomic E-state index is 0.0360. The van der Waals surface area contributed by atoms with Crippen molar-refractivity contribution >= 4 is 11.9 Å². The molecule has 1 aromatic rings. The zero-order chi connectivity index (χ0) is 15.1. The second-order valence-corrected chi connectivity index (χ2v) is 4.72. The van der Waals surface area contributed by atoms with Gasteiger partial charge >= 0.3 is 5.97 Å². The quantitative estimate of drug-likeness (QED) is 0.326. The zero-order valence-corrected chi connectivity index (χ0v) is 11.7. The van der Waals surface area contributed by atoms with Crippen LogP contribution >= 0.6 is 0 Å². The minimum Gasteiger partial charge on any atom is -0.460 e. The standard InChI is InChI=1S/C14H19N3O4/c15-16-14(19)12-10-20-7-6-17(12)8-13(18)21-9-11-4-2-1-3-5-11/h1-5,12H,6-10,15H2,(H,16,19). The van der Waals surface area contributed by atoms with Crippen LogP contribution in [0.4, 0.5) is 0 Å². The molecule has 2 rings (SSSR count). The number of esters is 1. The van der Waals surface area contributed by atoms with Gasteiger partial charge in [-0.3, -0.25) is 19.9 Å². The highest BCUT2D eigenvalue weighted by Crippen LogP contribution is 2.08. The van der Waals surface area contributed by atoms with Gasteiger partial charge in [0.25, 0.3) is 5.91 Å². The molecule has 1 saturated heterocycles. The molecule has 1 aliphatic rings. The average Bonchev–Trinajstić information content (AvgIpc) is 2.54. The lowest BCUT2D eigenvalue weighted by Crippen LogP contribution is -2.56. The number of nitrogens with zero attached hydrogens (tertiary/aromatic N) is 1. The van der Waals surface area contributed by atoms with Gasteiger partial charge in [-0.1, -0.05) is 30.3 Å². The van der Waals surface area contributed by atoms with Crippen LogP contribution in [-0.2, 0) is 25.7 Å². The lowest BCUT2D eigenvalue weighted by molar-refractivity contribution is -0.150. The summed E-state index contributed by atoms with van der Waals surface area (Å²) in [4.78, 5) is 25.2. The summed E-state index contributed by atoms with van der Waals surface area (Å²) >= 11 is 0. The molecule has 0 bridgehead atoms. The van der Waals surface area contributed by atoms with Gasteiger partial charge in [0.05, 0.1) is 19.8 Å². The lowest BCUT2D eigenvalue weighted by Gasteiger charge is -2.33. The van der Waals surface area contributed by atoms with Gasteiger partial charge in [0.2, 0.25) is 0 Å². The molecule has 114 valence electrons. The van der Waals surface area contributed by atoms with E-state index in [9.17, 15) is 9.59 Å². The molecule has 1 atom stereocenters. The molecule has 1 aromatic carbocycles. The van der Waals surface area contributed by atoms with Gasteiger partial charge in [-0.15, -0.1) is 0 Å². The van der Waals surface area contributed by atoms with E-state index < -0.39 is 6.04 Å². The Bertz CT molecular complexity index is 480. The Morgan fingerprint density at radius 3 is 2.86 bits per heavy atom. The van der Waals surface area contributed by atoms with Crippen LogP contribution < -0.4 is 11.3 Å². The molecule has 21 heavy (non-hydrogen) atoms. The first-order valence-corrected chi connectivity index (χ1v) is 6.72. The van der Waals surface area contributed by atoms with Crippen LogP contribution in [0, 0.1) is 0 Å². The number of hydrogen-bond donors (Lipinski definition) is 2. The van der Waals surface area contributed by atoms with Crippen LogP contribution in [0.2, 0.25) is 0 Å². The number of morpholine rings is 1. The predicted octanol–water partition coefficient (Wildman–Crippen LogP) is -0.579.